The van der Waals surface area contributed by atoms with Crippen LogP contribution in [0.25, 0.3) is 11.1 Å². The van der Waals surface area contributed by atoms with Gasteiger partial charge in [0, 0.05) is 11.8 Å². The molecule has 0 N–H and O–H groups in total. The second kappa shape index (κ2) is 3.35. The highest BCUT2D eigenvalue weighted by molar-refractivity contribution is 5.61. The lowest BCUT2D eigenvalue weighted by Crippen LogP contribution is -1.80. The molecule has 1 radical (unpaired) electrons. The maximum Gasteiger partial charge on any atom is 0.123 e. The fourth-order valence-electron chi connectivity index (χ4n) is 1.14. The minimum Gasteiger partial charge on any atom is -0.254 e. The molecule has 0 spiro atoms. The number of rotatable bonds is 1. The van der Waals surface area contributed by atoms with Gasteiger partial charge in [-0.15, -0.1) is 0 Å². The third-order valence-corrected chi connectivity index (χ3v) is 1.74. The maximum absolute atomic E-state index is 12.8. The molecule has 63 valence electrons. The lowest BCUT2D eigenvalue weighted by atomic mass is 10.1. The first-order valence-corrected chi connectivity index (χ1v) is 3.95. The van der Waals surface area contributed by atoms with Crippen LogP contribution in [0, 0.1) is 12.0 Å². The van der Waals surface area contributed by atoms with E-state index in [1.165, 1.54) is 12.1 Å². The molecule has 0 amide bonds. The standard InChI is InChI=1S/C11H7FN/c12-11-5-1-3-9(7-11)10-4-2-6-13-8-10/h1-7H. The normalized spacial score (nSPS) is 9.92. The van der Waals surface area contributed by atoms with Crippen molar-refractivity contribution in [3.8, 4) is 11.1 Å². The van der Waals surface area contributed by atoms with E-state index in [-0.39, 0.29) is 5.82 Å². The van der Waals surface area contributed by atoms with Crippen molar-refractivity contribution in [2.45, 2.75) is 0 Å². The molecule has 0 bridgehead atoms. The molecule has 2 rings (SSSR count). The fourth-order valence-corrected chi connectivity index (χ4v) is 1.14. The third kappa shape index (κ3) is 1.72. The molecule has 13 heavy (non-hydrogen) atoms. The molecule has 0 saturated carbocycles. The van der Waals surface area contributed by atoms with Crippen molar-refractivity contribution in [1.29, 1.82) is 0 Å². The van der Waals surface area contributed by atoms with E-state index in [0.717, 1.165) is 11.1 Å². The summed E-state index contributed by atoms with van der Waals surface area (Å²) < 4.78 is 12.8. The lowest BCUT2D eigenvalue weighted by Gasteiger charge is -1.98. The summed E-state index contributed by atoms with van der Waals surface area (Å²) in [6.45, 7) is 0. The van der Waals surface area contributed by atoms with Crippen molar-refractivity contribution >= 4 is 0 Å². The van der Waals surface area contributed by atoms with Gasteiger partial charge in [0.25, 0.3) is 0 Å². The molecular formula is C11H7FN. The zero-order valence-electron chi connectivity index (χ0n) is 6.87. The molecule has 0 aliphatic heterocycles. The Morgan fingerprint density at radius 1 is 1.15 bits per heavy atom. The van der Waals surface area contributed by atoms with Crippen molar-refractivity contribution in [2.24, 2.45) is 0 Å². The van der Waals surface area contributed by atoms with E-state index < -0.39 is 0 Å². The number of halogens is 1. The van der Waals surface area contributed by atoms with Gasteiger partial charge in [-0.2, -0.15) is 0 Å². The minimum absolute atomic E-state index is 0.241. The summed E-state index contributed by atoms with van der Waals surface area (Å²) in [5.41, 5.74) is 1.61. The van der Waals surface area contributed by atoms with Crippen LogP contribution in [0.5, 0.6) is 0 Å². The lowest BCUT2D eigenvalue weighted by molar-refractivity contribution is 0.628. The first kappa shape index (κ1) is 7.92. The summed E-state index contributed by atoms with van der Waals surface area (Å²) >= 11 is 0. The highest BCUT2D eigenvalue weighted by atomic mass is 19.1. The quantitative estimate of drug-likeness (QED) is 0.644. The Kier molecular flexibility index (Phi) is 2.04. The second-order valence-electron chi connectivity index (χ2n) is 2.67. The molecule has 2 heteroatoms. The molecule has 0 atom stereocenters. The number of aromatic nitrogens is 1. The van der Waals surface area contributed by atoms with Gasteiger partial charge in [-0.3, -0.25) is 4.98 Å². The summed E-state index contributed by atoms with van der Waals surface area (Å²) in [4.78, 5) is 3.84. The van der Waals surface area contributed by atoms with E-state index in [9.17, 15) is 4.39 Å². The minimum atomic E-state index is -0.241. The van der Waals surface area contributed by atoms with Gasteiger partial charge in [-0.25, -0.2) is 4.39 Å². The maximum atomic E-state index is 12.8. The zero-order chi connectivity index (χ0) is 9.10. The monoisotopic (exact) mass is 172 g/mol. The Morgan fingerprint density at radius 2 is 2.08 bits per heavy atom. The summed E-state index contributed by atoms with van der Waals surface area (Å²) in [5, 5.41) is 0. The van der Waals surface area contributed by atoms with Gasteiger partial charge >= 0.3 is 0 Å². The molecule has 0 fully saturated rings. The Bertz CT molecular complexity index is 398. The molecule has 1 aromatic carbocycles. The predicted molar refractivity (Wildman–Crippen MR) is 48.5 cm³/mol. The van der Waals surface area contributed by atoms with Crippen molar-refractivity contribution in [3.05, 3.63) is 54.6 Å². The van der Waals surface area contributed by atoms with Gasteiger partial charge in [0.1, 0.15) is 5.82 Å². The van der Waals surface area contributed by atoms with Crippen LogP contribution >= 0.6 is 0 Å². The molecule has 2 aromatic rings. The molecule has 1 heterocycles. The number of pyridine rings is 1. The van der Waals surface area contributed by atoms with E-state index in [0.29, 0.717) is 0 Å². The van der Waals surface area contributed by atoms with E-state index >= 15 is 0 Å². The van der Waals surface area contributed by atoms with Crippen molar-refractivity contribution < 1.29 is 4.39 Å². The molecular weight excluding hydrogens is 165 g/mol. The van der Waals surface area contributed by atoms with E-state index in [2.05, 4.69) is 11.2 Å². The Morgan fingerprint density at radius 3 is 2.77 bits per heavy atom. The van der Waals surface area contributed by atoms with Gasteiger partial charge in [-0.05, 0) is 23.8 Å². The fraction of sp³-hybridized carbons (Fsp3) is 0. The third-order valence-electron chi connectivity index (χ3n) is 1.74. The highest BCUT2D eigenvalue weighted by Crippen LogP contribution is 2.17. The second-order valence-corrected chi connectivity index (χ2v) is 2.67. The van der Waals surface area contributed by atoms with Crippen LogP contribution in [-0.2, 0) is 0 Å². The van der Waals surface area contributed by atoms with Crippen LogP contribution in [0.15, 0.2) is 42.6 Å². The topological polar surface area (TPSA) is 12.9 Å². The van der Waals surface area contributed by atoms with Crippen LogP contribution in [0.4, 0.5) is 4.39 Å². The van der Waals surface area contributed by atoms with Crippen LogP contribution in [0.3, 0.4) is 0 Å². The smallest absolute Gasteiger partial charge is 0.123 e. The number of hydrogen-bond donors (Lipinski definition) is 0. The van der Waals surface area contributed by atoms with Crippen LogP contribution in [-0.4, -0.2) is 4.98 Å². The van der Waals surface area contributed by atoms with E-state index in [4.69, 9.17) is 0 Å². The largest absolute Gasteiger partial charge is 0.254 e. The first-order chi connectivity index (χ1) is 6.36. The highest BCUT2D eigenvalue weighted by Gasteiger charge is 1.97. The van der Waals surface area contributed by atoms with Gasteiger partial charge in [0.2, 0.25) is 0 Å². The summed E-state index contributed by atoms with van der Waals surface area (Å²) in [7, 11) is 0. The predicted octanol–water partition coefficient (Wildman–Crippen LogP) is 2.69. The molecule has 0 aliphatic rings. The number of benzene rings is 1. The van der Waals surface area contributed by atoms with Crippen LogP contribution < -0.4 is 0 Å². The van der Waals surface area contributed by atoms with E-state index in [1.54, 1.807) is 18.3 Å². The van der Waals surface area contributed by atoms with Crippen molar-refractivity contribution in [1.82, 2.24) is 4.98 Å². The molecule has 0 aliphatic carbocycles. The Hall–Kier alpha value is -1.70. The van der Waals surface area contributed by atoms with Crippen molar-refractivity contribution in [2.75, 3.05) is 0 Å². The molecule has 1 aromatic heterocycles. The number of hydrogen-bond acceptors (Lipinski definition) is 1. The van der Waals surface area contributed by atoms with Gasteiger partial charge < -0.3 is 0 Å². The summed E-state index contributed by atoms with van der Waals surface area (Å²) in [6.07, 6.45) is 4.44. The molecule has 0 unspecified atom stereocenters. The first-order valence-electron chi connectivity index (χ1n) is 3.95. The summed E-state index contributed by atoms with van der Waals surface area (Å²) in [6, 6.07) is 10.0. The van der Waals surface area contributed by atoms with E-state index in [1.807, 2.05) is 12.1 Å². The SMILES string of the molecule is Fc1cccc(-c2[c]nccc2)c1. The van der Waals surface area contributed by atoms with Gasteiger partial charge in [-0.1, -0.05) is 18.2 Å². The average molecular weight is 172 g/mol. The zero-order valence-corrected chi connectivity index (χ0v) is 6.87. The van der Waals surface area contributed by atoms with Gasteiger partial charge in [0.15, 0.2) is 0 Å². The molecule has 0 saturated heterocycles. The van der Waals surface area contributed by atoms with Crippen LogP contribution in [0.1, 0.15) is 0 Å². The van der Waals surface area contributed by atoms with Gasteiger partial charge in [0.05, 0.1) is 6.20 Å². The Labute approximate surface area is 75.9 Å². The van der Waals surface area contributed by atoms with Crippen LogP contribution in [0.2, 0.25) is 0 Å². The molecule has 1 nitrogen and oxygen atoms in total. The summed E-state index contributed by atoms with van der Waals surface area (Å²) in [5.74, 6) is -0.241. The average Bonchev–Trinajstić information content (AvgIpc) is 2.19. The Balaban J connectivity index is 2.48. The van der Waals surface area contributed by atoms with Crippen molar-refractivity contribution in [3.63, 3.8) is 0 Å². The number of nitrogens with zero attached hydrogens (tertiary/aromatic N) is 1.